The Labute approximate surface area is 116 Å². The Hall–Kier alpha value is -0.610. The number of carbonyl (C=O) groups excluding carboxylic acids is 1. The Morgan fingerprint density at radius 2 is 1.47 bits per heavy atom. The highest BCUT2D eigenvalue weighted by Crippen LogP contribution is 2.52. The van der Waals surface area contributed by atoms with Gasteiger partial charge in [0.15, 0.2) is 0 Å². The van der Waals surface area contributed by atoms with Gasteiger partial charge in [-0.25, -0.2) is 0 Å². The number of carbonyl (C=O) groups is 1. The van der Waals surface area contributed by atoms with Crippen molar-refractivity contribution in [2.75, 3.05) is 39.3 Å². The quantitative estimate of drug-likeness (QED) is 0.722. The topological polar surface area (TPSA) is 32.8 Å². The number of hydrogen-bond acceptors (Lipinski definition) is 4. The van der Waals surface area contributed by atoms with Crippen LogP contribution in [0.5, 0.6) is 0 Å². The van der Waals surface area contributed by atoms with Crippen LogP contribution in [0.4, 0.5) is 0 Å². The van der Waals surface area contributed by atoms with E-state index in [1.165, 1.54) is 13.1 Å². The summed E-state index contributed by atoms with van der Waals surface area (Å²) in [7, 11) is 0. The van der Waals surface area contributed by atoms with Crippen LogP contribution < -0.4 is 0 Å². The summed E-state index contributed by atoms with van der Waals surface area (Å²) < 4.78 is 5.88. The minimum absolute atomic E-state index is 0.109. The number of ether oxygens (including phenoxy) is 1. The molecular formula is C15H26N2O2. The fourth-order valence-corrected chi connectivity index (χ4v) is 4.81. The number of rotatable bonds is 3. The molecule has 0 unspecified atom stereocenters. The summed E-state index contributed by atoms with van der Waals surface area (Å²) in [5.74, 6) is -0.109. The molecule has 0 amide bonds. The third-order valence-corrected chi connectivity index (χ3v) is 5.69. The highest BCUT2D eigenvalue weighted by Gasteiger charge is 2.61. The summed E-state index contributed by atoms with van der Waals surface area (Å²) in [4.78, 5) is 16.8. The van der Waals surface area contributed by atoms with Gasteiger partial charge in [0.2, 0.25) is 0 Å². The first-order chi connectivity index (χ1) is 9.03. The molecule has 4 aliphatic rings. The van der Waals surface area contributed by atoms with Gasteiger partial charge in [-0.05, 0) is 12.8 Å². The molecule has 0 saturated carbocycles. The predicted octanol–water partition coefficient (Wildman–Crippen LogP) is 1.36. The molecule has 4 aliphatic heterocycles. The molecule has 4 heterocycles. The monoisotopic (exact) mass is 266 g/mol. The first-order valence-electron chi connectivity index (χ1n) is 7.65. The van der Waals surface area contributed by atoms with E-state index in [0.29, 0.717) is 0 Å². The van der Waals surface area contributed by atoms with Crippen LogP contribution >= 0.6 is 0 Å². The van der Waals surface area contributed by atoms with Crippen molar-refractivity contribution in [3.8, 4) is 0 Å². The van der Waals surface area contributed by atoms with E-state index in [0.717, 1.165) is 39.0 Å². The summed E-state index contributed by atoms with van der Waals surface area (Å²) in [6.45, 7) is 12.8. The summed E-state index contributed by atoms with van der Waals surface area (Å²) in [5.41, 5.74) is 0.295. The van der Waals surface area contributed by atoms with E-state index >= 15 is 0 Å². The van der Waals surface area contributed by atoms with Crippen molar-refractivity contribution in [1.82, 2.24) is 9.80 Å². The molecule has 108 valence electrons. The summed E-state index contributed by atoms with van der Waals surface area (Å²) in [5, 5.41) is 0. The molecule has 4 bridgehead atoms. The molecule has 4 saturated heterocycles. The van der Waals surface area contributed by atoms with Crippen molar-refractivity contribution < 1.29 is 9.53 Å². The van der Waals surface area contributed by atoms with Crippen LogP contribution in [-0.4, -0.2) is 61.1 Å². The molecule has 0 aromatic heterocycles. The van der Waals surface area contributed by atoms with Gasteiger partial charge in [0, 0.05) is 57.0 Å². The largest absolute Gasteiger partial charge is 0.461 e. The van der Waals surface area contributed by atoms with Crippen LogP contribution in [-0.2, 0) is 9.53 Å². The van der Waals surface area contributed by atoms with E-state index in [-0.39, 0.29) is 22.9 Å². The van der Waals surface area contributed by atoms with E-state index in [4.69, 9.17) is 4.74 Å². The molecule has 0 aromatic carbocycles. The predicted molar refractivity (Wildman–Crippen MR) is 73.9 cm³/mol. The highest BCUT2D eigenvalue weighted by molar-refractivity contribution is 5.66. The molecule has 0 N–H and O–H groups in total. The molecule has 4 fully saturated rings. The normalized spacial score (nSPS) is 48.1. The third-order valence-electron chi connectivity index (χ3n) is 5.69. The van der Waals surface area contributed by atoms with E-state index in [1.807, 2.05) is 0 Å². The number of piperidine rings is 2. The van der Waals surface area contributed by atoms with Crippen molar-refractivity contribution in [1.29, 1.82) is 0 Å². The van der Waals surface area contributed by atoms with Gasteiger partial charge in [-0.15, -0.1) is 0 Å². The first-order valence-corrected chi connectivity index (χ1v) is 7.65. The van der Waals surface area contributed by atoms with Gasteiger partial charge in [0.05, 0.1) is 0 Å². The van der Waals surface area contributed by atoms with Crippen molar-refractivity contribution in [2.45, 2.75) is 39.7 Å². The molecule has 19 heavy (non-hydrogen) atoms. The van der Waals surface area contributed by atoms with Gasteiger partial charge in [0.25, 0.3) is 0 Å². The average Bonchev–Trinajstić information content (AvgIpc) is 2.60. The Morgan fingerprint density at radius 1 is 1.05 bits per heavy atom. The lowest BCUT2D eigenvalue weighted by Crippen LogP contribution is -2.69. The molecule has 4 nitrogen and oxygen atoms in total. The Bertz CT molecular complexity index is 342. The Balaban J connectivity index is 2.03. The molecular weight excluding hydrogens is 240 g/mol. The SMILES string of the molecule is CCC12CN3CCN(C1)CC(CC)(C3)C2OC(C)=O. The van der Waals surface area contributed by atoms with E-state index in [2.05, 4.69) is 23.6 Å². The molecule has 4 rings (SSSR count). The smallest absolute Gasteiger partial charge is 0.302 e. The van der Waals surface area contributed by atoms with Gasteiger partial charge < -0.3 is 14.5 Å². The van der Waals surface area contributed by atoms with Crippen molar-refractivity contribution in [3.05, 3.63) is 0 Å². The second kappa shape index (κ2) is 4.45. The summed E-state index contributed by atoms with van der Waals surface area (Å²) in [6.07, 6.45) is 2.30. The second-order valence-corrected chi connectivity index (χ2v) is 6.84. The maximum atomic E-state index is 11.6. The lowest BCUT2D eigenvalue weighted by molar-refractivity contribution is -0.202. The van der Waals surface area contributed by atoms with Crippen LogP contribution in [0.1, 0.15) is 33.6 Å². The molecule has 0 aliphatic carbocycles. The Kier molecular flexibility index (Phi) is 3.13. The number of fused-ring (bicyclic) bond motifs is 1. The maximum absolute atomic E-state index is 11.6. The third kappa shape index (κ3) is 1.91. The van der Waals surface area contributed by atoms with E-state index < -0.39 is 0 Å². The van der Waals surface area contributed by atoms with Gasteiger partial charge in [-0.2, -0.15) is 0 Å². The zero-order valence-corrected chi connectivity index (χ0v) is 12.4. The Morgan fingerprint density at radius 3 is 1.79 bits per heavy atom. The van der Waals surface area contributed by atoms with Crippen LogP contribution in [0.2, 0.25) is 0 Å². The second-order valence-electron chi connectivity index (χ2n) is 6.84. The molecule has 0 aromatic rings. The lowest BCUT2D eigenvalue weighted by atomic mass is 9.59. The standard InChI is InChI=1S/C15H26N2O2/c1-4-14-8-16-6-7-17(9-14)11-15(5-2,10-16)13(14)19-12(3)18/h13H,4-11H2,1-3H3. The van der Waals surface area contributed by atoms with Gasteiger partial charge in [-0.3, -0.25) is 4.79 Å². The van der Waals surface area contributed by atoms with Gasteiger partial charge in [0.1, 0.15) is 6.10 Å². The minimum Gasteiger partial charge on any atom is -0.461 e. The zero-order chi connectivity index (χ0) is 13.7. The van der Waals surface area contributed by atoms with E-state index in [1.54, 1.807) is 6.92 Å². The van der Waals surface area contributed by atoms with Crippen molar-refractivity contribution in [2.24, 2.45) is 10.8 Å². The zero-order valence-electron chi connectivity index (χ0n) is 12.4. The number of nitrogens with zero attached hydrogens (tertiary/aromatic N) is 2. The number of hydrogen-bond donors (Lipinski definition) is 0. The summed E-state index contributed by atoms with van der Waals surface area (Å²) in [6, 6.07) is 0. The fraction of sp³-hybridized carbons (Fsp3) is 0.933. The van der Waals surface area contributed by atoms with Gasteiger partial charge >= 0.3 is 5.97 Å². The lowest BCUT2D eigenvalue weighted by Gasteiger charge is -2.60. The van der Waals surface area contributed by atoms with Crippen LogP contribution in [0, 0.1) is 10.8 Å². The average molecular weight is 266 g/mol. The maximum Gasteiger partial charge on any atom is 0.302 e. The van der Waals surface area contributed by atoms with Crippen molar-refractivity contribution >= 4 is 5.97 Å². The van der Waals surface area contributed by atoms with Crippen molar-refractivity contribution in [3.63, 3.8) is 0 Å². The number of esters is 1. The fourth-order valence-electron chi connectivity index (χ4n) is 4.81. The van der Waals surface area contributed by atoms with Crippen LogP contribution in [0.15, 0.2) is 0 Å². The molecule has 0 spiro atoms. The summed E-state index contributed by atoms with van der Waals surface area (Å²) >= 11 is 0. The first kappa shape index (κ1) is 13.4. The molecule has 0 atom stereocenters. The molecule has 0 radical (unpaired) electrons. The molecule has 4 heteroatoms. The van der Waals surface area contributed by atoms with Gasteiger partial charge in [-0.1, -0.05) is 13.8 Å². The minimum atomic E-state index is -0.109. The van der Waals surface area contributed by atoms with Crippen LogP contribution in [0.3, 0.4) is 0 Å². The van der Waals surface area contributed by atoms with Crippen LogP contribution in [0.25, 0.3) is 0 Å². The highest BCUT2D eigenvalue weighted by atomic mass is 16.5. The van der Waals surface area contributed by atoms with E-state index in [9.17, 15) is 4.79 Å².